The number of rotatable bonds is 0. The molecule has 0 saturated carbocycles. The molecular formula is C8H13NO. The average Bonchev–Trinajstić information content (AvgIpc) is 2.41. The lowest BCUT2D eigenvalue weighted by molar-refractivity contribution is 0.0710. The lowest BCUT2D eigenvalue weighted by Crippen LogP contribution is -2.22. The Morgan fingerprint density at radius 2 is 2.30 bits per heavy atom. The summed E-state index contributed by atoms with van der Waals surface area (Å²) in [7, 11) is 0. The Morgan fingerprint density at radius 3 is 3.00 bits per heavy atom. The van der Waals surface area contributed by atoms with Crippen LogP contribution in [0.15, 0.2) is 11.5 Å². The van der Waals surface area contributed by atoms with Crippen LogP contribution >= 0.6 is 0 Å². The number of hydrogen-bond acceptors (Lipinski definition) is 2. The molecule has 56 valence electrons. The molecule has 10 heavy (non-hydrogen) atoms. The topological polar surface area (TPSA) is 12.5 Å². The van der Waals surface area contributed by atoms with Gasteiger partial charge in [0.25, 0.3) is 0 Å². The molecule has 1 unspecified atom stereocenters. The van der Waals surface area contributed by atoms with E-state index in [0.29, 0.717) is 6.23 Å². The van der Waals surface area contributed by atoms with Gasteiger partial charge in [-0.15, -0.1) is 0 Å². The second-order valence-electron chi connectivity index (χ2n) is 3.05. The van der Waals surface area contributed by atoms with E-state index in [1.165, 1.54) is 25.1 Å². The van der Waals surface area contributed by atoms with E-state index in [0.717, 1.165) is 5.76 Å². The first-order valence-corrected chi connectivity index (χ1v) is 3.90. The van der Waals surface area contributed by atoms with Crippen LogP contribution in [0, 0.1) is 0 Å². The zero-order valence-electron chi connectivity index (χ0n) is 6.55. The fourth-order valence-electron chi connectivity index (χ4n) is 1.73. The number of allylic oxidation sites excluding steroid dienone is 2. The zero-order chi connectivity index (χ0) is 7.14. The third-order valence-electron chi connectivity index (χ3n) is 2.45. The van der Waals surface area contributed by atoms with Crippen LogP contribution in [-0.4, -0.2) is 17.7 Å². The summed E-state index contributed by atoms with van der Waals surface area (Å²) in [5, 5.41) is 0. The molecule has 0 bridgehead atoms. The Balaban J connectivity index is 2.22. The molecule has 0 N–H and O–H groups in total. The minimum Gasteiger partial charge on any atom is -0.473 e. The first-order chi connectivity index (χ1) is 4.79. The van der Waals surface area contributed by atoms with E-state index in [1.807, 2.05) is 6.92 Å². The molecule has 2 rings (SSSR count). The van der Waals surface area contributed by atoms with Gasteiger partial charge >= 0.3 is 0 Å². The minimum absolute atomic E-state index is 0.389. The predicted octanol–water partition coefficient (Wildman–Crippen LogP) is 1.69. The van der Waals surface area contributed by atoms with E-state index in [9.17, 15) is 0 Å². The van der Waals surface area contributed by atoms with Crippen LogP contribution in [0.25, 0.3) is 0 Å². The van der Waals surface area contributed by atoms with Crippen LogP contribution in [0.4, 0.5) is 0 Å². The van der Waals surface area contributed by atoms with Gasteiger partial charge in [-0.25, -0.2) is 0 Å². The van der Waals surface area contributed by atoms with Gasteiger partial charge in [-0.3, -0.25) is 0 Å². The molecule has 1 atom stereocenters. The molecule has 2 aliphatic rings. The van der Waals surface area contributed by atoms with Crippen LogP contribution < -0.4 is 0 Å². The highest BCUT2D eigenvalue weighted by Gasteiger charge is 2.32. The molecule has 1 fully saturated rings. The summed E-state index contributed by atoms with van der Waals surface area (Å²) in [6.45, 7) is 5.38. The van der Waals surface area contributed by atoms with Gasteiger partial charge in [-0.05, 0) is 20.3 Å². The quantitative estimate of drug-likeness (QED) is 0.506. The standard InChI is InChI=1S/C8H13NO/c1-6-7(2)10-8-4-3-5-9(6)8/h8H,3-5H2,1-2H3. The van der Waals surface area contributed by atoms with Gasteiger partial charge in [0.1, 0.15) is 5.76 Å². The first-order valence-electron chi connectivity index (χ1n) is 3.90. The SMILES string of the molecule is CC1=C(C)N2CCCC2O1. The molecule has 1 saturated heterocycles. The number of fused-ring (bicyclic) bond motifs is 1. The van der Waals surface area contributed by atoms with Crippen LogP contribution in [0.3, 0.4) is 0 Å². The van der Waals surface area contributed by atoms with Gasteiger partial charge < -0.3 is 9.64 Å². The van der Waals surface area contributed by atoms with Crippen molar-refractivity contribution in [3.8, 4) is 0 Å². The summed E-state index contributed by atoms with van der Waals surface area (Å²) >= 11 is 0. The van der Waals surface area contributed by atoms with Crippen molar-refractivity contribution < 1.29 is 4.74 Å². The Hall–Kier alpha value is -0.660. The highest BCUT2D eigenvalue weighted by molar-refractivity contribution is 5.10. The summed E-state index contributed by atoms with van der Waals surface area (Å²) in [6, 6.07) is 0. The number of hydrogen-bond donors (Lipinski definition) is 0. The molecular weight excluding hydrogens is 126 g/mol. The highest BCUT2D eigenvalue weighted by atomic mass is 16.5. The fraction of sp³-hybridized carbons (Fsp3) is 0.750. The van der Waals surface area contributed by atoms with Gasteiger partial charge in [0.15, 0.2) is 6.23 Å². The summed E-state index contributed by atoms with van der Waals surface area (Å²) < 4.78 is 5.60. The van der Waals surface area contributed by atoms with Gasteiger partial charge in [-0.1, -0.05) is 0 Å². The smallest absolute Gasteiger partial charge is 0.171 e. The Labute approximate surface area is 61.5 Å². The zero-order valence-corrected chi connectivity index (χ0v) is 6.55. The van der Waals surface area contributed by atoms with Crippen LogP contribution in [0.1, 0.15) is 26.7 Å². The molecule has 0 amide bonds. The second kappa shape index (κ2) is 1.91. The Bertz CT molecular complexity index is 186. The molecule has 2 heterocycles. The van der Waals surface area contributed by atoms with Crippen molar-refractivity contribution in [2.75, 3.05) is 6.54 Å². The van der Waals surface area contributed by atoms with Crippen molar-refractivity contribution >= 4 is 0 Å². The molecule has 0 spiro atoms. The van der Waals surface area contributed by atoms with Crippen LogP contribution in [-0.2, 0) is 4.74 Å². The Morgan fingerprint density at radius 1 is 1.50 bits per heavy atom. The average molecular weight is 139 g/mol. The summed E-state index contributed by atoms with van der Waals surface area (Å²) in [5.74, 6) is 1.12. The first kappa shape index (κ1) is 6.08. The van der Waals surface area contributed by atoms with Gasteiger partial charge in [-0.2, -0.15) is 0 Å². The third-order valence-corrected chi connectivity index (χ3v) is 2.45. The monoisotopic (exact) mass is 139 g/mol. The summed E-state index contributed by atoms with van der Waals surface area (Å²) in [4.78, 5) is 2.36. The van der Waals surface area contributed by atoms with Crippen LogP contribution in [0.5, 0.6) is 0 Å². The van der Waals surface area contributed by atoms with E-state index in [2.05, 4.69) is 11.8 Å². The van der Waals surface area contributed by atoms with Gasteiger partial charge in [0.2, 0.25) is 0 Å². The normalized spacial score (nSPS) is 31.0. The maximum atomic E-state index is 5.60. The maximum Gasteiger partial charge on any atom is 0.171 e. The van der Waals surface area contributed by atoms with E-state index in [-0.39, 0.29) is 0 Å². The second-order valence-corrected chi connectivity index (χ2v) is 3.05. The molecule has 0 radical (unpaired) electrons. The lowest BCUT2D eigenvalue weighted by atomic mass is 10.3. The molecule has 2 nitrogen and oxygen atoms in total. The van der Waals surface area contributed by atoms with E-state index in [1.54, 1.807) is 0 Å². The maximum absolute atomic E-state index is 5.60. The van der Waals surface area contributed by atoms with Crippen molar-refractivity contribution in [2.24, 2.45) is 0 Å². The number of nitrogens with zero attached hydrogens (tertiary/aromatic N) is 1. The predicted molar refractivity (Wildman–Crippen MR) is 39.2 cm³/mol. The van der Waals surface area contributed by atoms with Crippen molar-refractivity contribution in [3.05, 3.63) is 11.5 Å². The summed E-state index contributed by atoms with van der Waals surface area (Å²) in [6.07, 6.45) is 2.88. The Kier molecular flexibility index (Phi) is 1.16. The molecule has 0 aromatic carbocycles. The number of ether oxygens (including phenoxy) is 1. The third kappa shape index (κ3) is 0.648. The molecule has 2 heteroatoms. The molecule has 0 aliphatic carbocycles. The van der Waals surface area contributed by atoms with E-state index < -0.39 is 0 Å². The van der Waals surface area contributed by atoms with Gasteiger partial charge in [0.05, 0.1) is 5.70 Å². The van der Waals surface area contributed by atoms with Crippen molar-refractivity contribution in [1.29, 1.82) is 0 Å². The largest absolute Gasteiger partial charge is 0.473 e. The van der Waals surface area contributed by atoms with Crippen molar-refractivity contribution in [1.82, 2.24) is 4.90 Å². The van der Waals surface area contributed by atoms with Crippen LogP contribution in [0.2, 0.25) is 0 Å². The minimum atomic E-state index is 0.389. The molecule has 2 aliphatic heterocycles. The fourth-order valence-corrected chi connectivity index (χ4v) is 1.73. The van der Waals surface area contributed by atoms with Crippen molar-refractivity contribution in [3.63, 3.8) is 0 Å². The van der Waals surface area contributed by atoms with Crippen molar-refractivity contribution in [2.45, 2.75) is 32.9 Å². The van der Waals surface area contributed by atoms with E-state index in [4.69, 9.17) is 4.74 Å². The highest BCUT2D eigenvalue weighted by Crippen LogP contribution is 2.32. The molecule has 0 aromatic rings. The molecule has 0 aromatic heterocycles. The van der Waals surface area contributed by atoms with Gasteiger partial charge in [0, 0.05) is 13.0 Å². The van der Waals surface area contributed by atoms with E-state index >= 15 is 0 Å². The lowest BCUT2D eigenvalue weighted by Gasteiger charge is -2.16. The summed E-state index contributed by atoms with van der Waals surface area (Å²) in [5.41, 5.74) is 1.34.